The molecule has 36 heavy (non-hydrogen) atoms. The summed E-state index contributed by atoms with van der Waals surface area (Å²) in [4.78, 5) is 28.0. The molecule has 9 heteroatoms. The molecule has 1 saturated heterocycles. The molecular weight excluding hydrogens is 491 g/mol. The first-order valence-corrected chi connectivity index (χ1v) is 12.2. The summed E-state index contributed by atoms with van der Waals surface area (Å²) in [5, 5.41) is 13.0. The summed E-state index contributed by atoms with van der Waals surface area (Å²) in [5.41, 5.74) is -0.440. The summed E-state index contributed by atoms with van der Waals surface area (Å²) in [6.07, 6.45) is -4.54. The quantitative estimate of drug-likeness (QED) is 0.224. The van der Waals surface area contributed by atoms with Gasteiger partial charge in [0.25, 0.3) is 11.7 Å². The molecule has 2 aromatic carbocycles. The van der Waals surface area contributed by atoms with Gasteiger partial charge in [-0.3, -0.25) is 9.59 Å². The lowest BCUT2D eigenvalue weighted by Gasteiger charge is -2.24. The number of ether oxygens (including phenoxy) is 1. The number of carbonyl (C=O) groups excluding carboxylic acids is 2. The van der Waals surface area contributed by atoms with E-state index >= 15 is 0 Å². The molecule has 1 atom stereocenters. The Morgan fingerprint density at radius 2 is 1.83 bits per heavy atom. The maximum absolute atomic E-state index is 13.2. The standard InChI is InChI=1S/C27H24F3NO4S/c1-16(2)15-35-20-9-4-7-18(13-20)24(32)22-23(21-10-5-11-36-21)31(26(34)25(22)33)14-17-6-3-8-19(12-17)27(28,29)30/h3-13,16,23,32H,14-15H2,1-2H3/b24-22-. The first-order valence-electron chi connectivity index (χ1n) is 11.3. The van der Waals surface area contributed by atoms with Crippen molar-refractivity contribution in [2.24, 2.45) is 5.92 Å². The Hall–Kier alpha value is -3.59. The zero-order valence-electron chi connectivity index (χ0n) is 19.6. The third kappa shape index (κ3) is 5.31. The summed E-state index contributed by atoms with van der Waals surface area (Å²) in [5.74, 6) is -1.37. The zero-order chi connectivity index (χ0) is 26.0. The van der Waals surface area contributed by atoms with Crippen LogP contribution in [0.15, 0.2) is 71.6 Å². The number of thiophene rings is 1. The van der Waals surface area contributed by atoms with E-state index in [1.165, 1.54) is 28.4 Å². The number of hydrogen-bond acceptors (Lipinski definition) is 5. The van der Waals surface area contributed by atoms with E-state index in [-0.39, 0.29) is 29.4 Å². The van der Waals surface area contributed by atoms with Crippen LogP contribution in [-0.4, -0.2) is 28.3 Å². The van der Waals surface area contributed by atoms with E-state index in [2.05, 4.69) is 0 Å². The minimum atomic E-state index is -4.54. The highest BCUT2D eigenvalue weighted by molar-refractivity contribution is 7.10. The number of halogens is 3. The highest BCUT2D eigenvalue weighted by Gasteiger charge is 2.46. The summed E-state index contributed by atoms with van der Waals surface area (Å²) < 4.78 is 45.4. The minimum absolute atomic E-state index is 0.115. The van der Waals surface area contributed by atoms with E-state index in [0.717, 1.165) is 12.1 Å². The van der Waals surface area contributed by atoms with Gasteiger partial charge >= 0.3 is 6.18 Å². The lowest BCUT2D eigenvalue weighted by Crippen LogP contribution is -2.29. The number of hydrogen-bond donors (Lipinski definition) is 1. The van der Waals surface area contributed by atoms with Crippen molar-refractivity contribution in [1.82, 2.24) is 4.90 Å². The van der Waals surface area contributed by atoms with E-state index in [0.29, 0.717) is 22.8 Å². The average molecular weight is 516 g/mol. The highest BCUT2D eigenvalue weighted by Crippen LogP contribution is 2.42. The first-order chi connectivity index (χ1) is 17.1. The second-order valence-electron chi connectivity index (χ2n) is 8.87. The molecule has 2 heterocycles. The van der Waals surface area contributed by atoms with E-state index < -0.39 is 29.5 Å². The molecule has 1 aromatic heterocycles. The molecule has 1 fully saturated rings. The van der Waals surface area contributed by atoms with Gasteiger partial charge in [-0.1, -0.05) is 44.2 Å². The van der Waals surface area contributed by atoms with Crippen molar-refractivity contribution in [3.63, 3.8) is 0 Å². The number of ketones is 1. The number of alkyl halides is 3. The number of aliphatic hydroxyl groups excluding tert-OH is 1. The van der Waals surface area contributed by atoms with Gasteiger partial charge in [-0.25, -0.2) is 0 Å². The summed E-state index contributed by atoms with van der Waals surface area (Å²) >= 11 is 1.28. The Morgan fingerprint density at radius 1 is 1.08 bits per heavy atom. The minimum Gasteiger partial charge on any atom is -0.507 e. The smallest absolute Gasteiger partial charge is 0.416 e. The molecule has 1 aliphatic heterocycles. The molecule has 1 unspecified atom stereocenters. The molecule has 0 spiro atoms. The van der Waals surface area contributed by atoms with Crippen LogP contribution in [0, 0.1) is 5.92 Å². The fourth-order valence-corrected chi connectivity index (χ4v) is 4.83. The van der Waals surface area contributed by atoms with E-state index in [1.807, 2.05) is 13.8 Å². The molecule has 5 nitrogen and oxygen atoms in total. The molecule has 0 aliphatic carbocycles. The van der Waals surface area contributed by atoms with Crippen LogP contribution >= 0.6 is 11.3 Å². The van der Waals surface area contributed by atoms with Crippen LogP contribution in [0.3, 0.4) is 0 Å². The summed E-state index contributed by atoms with van der Waals surface area (Å²) in [6.45, 7) is 4.22. The third-order valence-electron chi connectivity index (χ3n) is 5.65. The van der Waals surface area contributed by atoms with Gasteiger partial charge in [0.05, 0.1) is 23.8 Å². The Bertz CT molecular complexity index is 1300. The van der Waals surface area contributed by atoms with Gasteiger partial charge in [0.1, 0.15) is 11.5 Å². The Balaban J connectivity index is 1.75. The SMILES string of the molecule is CC(C)COc1cccc(/C(O)=C2/C(=O)C(=O)N(Cc3cccc(C(F)(F)F)c3)C2c2cccs2)c1. The lowest BCUT2D eigenvalue weighted by atomic mass is 9.99. The topological polar surface area (TPSA) is 66.8 Å². The van der Waals surface area contributed by atoms with Crippen LogP contribution in [0.25, 0.3) is 5.76 Å². The molecular formula is C27H24F3NO4S. The molecule has 0 saturated carbocycles. The molecule has 0 bridgehead atoms. The summed E-state index contributed by atoms with van der Waals surface area (Å²) in [7, 11) is 0. The molecule has 0 radical (unpaired) electrons. The molecule has 1 aliphatic rings. The predicted molar refractivity (Wildman–Crippen MR) is 130 cm³/mol. The maximum Gasteiger partial charge on any atom is 0.416 e. The van der Waals surface area contributed by atoms with E-state index in [9.17, 15) is 27.9 Å². The van der Waals surface area contributed by atoms with Crippen molar-refractivity contribution >= 4 is 28.8 Å². The number of rotatable bonds is 7. The zero-order valence-corrected chi connectivity index (χ0v) is 20.4. The largest absolute Gasteiger partial charge is 0.507 e. The Kier molecular flexibility index (Phi) is 7.21. The van der Waals surface area contributed by atoms with Crippen molar-refractivity contribution in [1.29, 1.82) is 0 Å². The van der Waals surface area contributed by atoms with Crippen molar-refractivity contribution in [3.05, 3.63) is 93.2 Å². The van der Waals surface area contributed by atoms with Gasteiger partial charge in [-0.05, 0) is 47.2 Å². The highest BCUT2D eigenvalue weighted by atomic mass is 32.1. The second kappa shape index (κ2) is 10.2. The van der Waals surface area contributed by atoms with Crippen molar-refractivity contribution in [2.45, 2.75) is 32.6 Å². The van der Waals surface area contributed by atoms with Crippen molar-refractivity contribution in [3.8, 4) is 5.75 Å². The number of aliphatic hydroxyl groups is 1. The van der Waals surface area contributed by atoms with Gasteiger partial charge in [-0.15, -0.1) is 11.3 Å². The second-order valence-corrected chi connectivity index (χ2v) is 9.85. The van der Waals surface area contributed by atoms with E-state index in [4.69, 9.17) is 4.74 Å². The van der Waals surface area contributed by atoms with Gasteiger partial charge < -0.3 is 14.7 Å². The average Bonchev–Trinajstić information content (AvgIpc) is 3.45. The van der Waals surface area contributed by atoms with Crippen LogP contribution in [0.2, 0.25) is 0 Å². The van der Waals surface area contributed by atoms with Gasteiger partial charge in [0, 0.05) is 17.0 Å². The summed E-state index contributed by atoms with van der Waals surface area (Å²) in [6, 6.07) is 13.7. The van der Waals surface area contributed by atoms with Crippen LogP contribution < -0.4 is 4.74 Å². The Labute approximate surface area is 210 Å². The van der Waals surface area contributed by atoms with Crippen LogP contribution in [0.1, 0.15) is 41.5 Å². The fraction of sp³-hybridized carbons (Fsp3) is 0.259. The number of Topliss-reactive ketones (excluding diaryl/α,β-unsaturated/α-hetero) is 1. The lowest BCUT2D eigenvalue weighted by molar-refractivity contribution is -0.140. The van der Waals surface area contributed by atoms with Crippen molar-refractivity contribution < 1.29 is 32.6 Å². The van der Waals surface area contributed by atoms with Crippen molar-refractivity contribution in [2.75, 3.05) is 6.61 Å². The number of likely N-dealkylation sites (tertiary alicyclic amines) is 1. The number of amides is 1. The molecule has 1 N–H and O–H groups in total. The number of benzene rings is 2. The maximum atomic E-state index is 13.2. The van der Waals surface area contributed by atoms with Crippen LogP contribution in [0.5, 0.6) is 5.75 Å². The Morgan fingerprint density at radius 3 is 2.50 bits per heavy atom. The van der Waals surface area contributed by atoms with E-state index in [1.54, 1.807) is 41.8 Å². The van der Waals surface area contributed by atoms with Gasteiger partial charge in [-0.2, -0.15) is 13.2 Å². The van der Waals surface area contributed by atoms with Gasteiger partial charge in [0.15, 0.2) is 0 Å². The van der Waals surface area contributed by atoms with Gasteiger partial charge in [0.2, 0.25) is 0 Å². The normalized spacial score (nSPS) is 17.7. The first kappa shape index (κ1) is 25.5. The predicted octanol–water partition coefficient (Wildman–Crippen LogP) is 6.42. The molecule has 1 amide bonds. The number of nitrogens with zero attached hydrogens (tertiary/aromatic N) is 1. The molecule has 3 aromatic rings. The fourth-order valence-electron chi connectivity index (χ4n) is 3.98. The van der Waals surface area contributed by atoms with Crippen LogP contribution in [-0.2, 0) is 22.3 Å². The molecule has 4 rings (SSSR count). The molecule has 188 valence electrons. The third-order valence-corrected chi connectivity index (χ3v) is 6.58. The monoisotopic (exact) mass is 515 g/mol. The van der Waals surface area contributed by atoms with Crippen LogP contribution in [0.4, 0.5) is 13.2 Å². The number of carbonyl (C=O) groups is 2.